The van der Waals surface area contributed by atoms with Crippen LogP contribution in [0, 0.1) is 5.82 Å². The molecule has 0 unspecified atom stereocenters. The number of nitrogens with one attached hydrogen (secondary N) is 2. The average molecular weight is 318 g/mol. The van der Waals surface area contributed by atoms with Crippen molar-refractivity contribution in [2.45, 2.75) is 38.3 Å². The van der Waals surface area contributed by atoms with Gasteiger partial charge in [0.2, 0.25) is 10.0 Å². The Bertz CT molecular complexity index is 547. The van der Waals surface area contributed by atoms with Gasteiger partial charge in [-0.2, -0.15) is 0 Å². The van der Waals surface area contributed by atoms with E-state index in [1.54, 1.807) is 0 Å². The van der Waals surface area contributed by atoms with Crippen LogP contribution in [0.25, 0.3) is 0 Å². The zero-order valence-corrected chi connectivity index (χ0v) is 13.5. The number of sulfonamides is 1. The van der Waals surface area contributed by atoms with Crippen molar-refractivity contribution in [3.8, 4) is 0 Å². The summed E-state index contributed by atoms with van der Waals surface area (Å²) in [7, 11) is -3.75. The topological polar surface area (TPSA) is 67.4 Å². The van der Waals surface area contributed by atoms with Crippen molar-refractivity contribution in [3.63, 3.8) is 0 Å². The lowest BCUT2D eigenvalue weighted by Crippen LogP contribution is -2.30. The van der Waals surface area contributed by atoms with Crippen molar-refractivity contribution in [1.82, 2.24) is 10.0 Å². The molecule has 0 aliphatic heterocycles. The molecule has 1 aromatic rings. The van der Waals surface area contributed by atoms with E-state index in [9.17, 15) is 12.8 Å². The van der Waals surface area contributed by atoms with E-state index >= 15 is 0 Å². The van der Waals surface area contributed by atoms with Gasteiger partial charge >= 0.3 is 0 Å². The fourth-order valence-electron chi connectivity index (χ4n) is 1.71. The predicted octanol–water partition coefficient (Wildman–Crippen LogP) is 1.64. The van der Waals surface area contributed by atoms with Crippen LogP contribution in [-0.4, -0.2) is 34.2 Å². The third-order valence-corrected chi connectivity index (χ3v) is 4.31. The Morgan fingerprint density at radius 1 is 1.33 bits per heavy atom. The molecule has 0 aliphatic carbocycles. The molecule has 0 atom stereocenters. The van der Waals surface area contributed by atoms with E-state index in [2.05, 4.69) is 10.0 Å². The highest BCUT2D eigenvalue weighted by atomic mass is 32.2. The summed E-state index contributed by atoms with van der Waals surface area (Å²) in [6.07, 6.45) is 0. The minimum atomic E-state index is -3.75. The van der Waals surface area contributed by atoms with Gasteiger partial charge in [-0.3, -0.25) is 0 Å². The molecular formula is C14H23FN2O3S. The molecule has 0 aliphatic rings. The van der Waals surface area contributed by atoms with Crippen molar-refractivity contribution in [3.05, 3.63) is 29.6 Å². The molecule has 1 aromatic carbocycles. The van der Waals surface area contributed by atoms with Crippen LogP contribution in [0.4, 0.5) is 4.39 Å². The second-order valence-electron chi connectivity index (χ2n) is 4.88. The summed E-state index contributed by atoms with van der Waals surface area (Å²) >= 11 is 0. The summed E-state index contributed by atoms with van der Waals surface area (Å²) in [4.78, 5) is -0.0350. The van der Waals surface area contributed by atoms with Crippen LogP contribution >= 0.6 is 0 Å². The van der Waals surface area contributed by atoms with Gasteiger partial charge in [0.05, 0.1) is 11.5 Å². The lowest BCUT2D eigenvalue weighted by Gasteiger charge is -2.14. The number of rotatable bonds is 9. The smallest absolute Gasteiger partial charge is 0.241 e. The van der Waals surface area contributed by atoms with Gasteiger partial charge in [-0.25, -0.2) is 17.5 Å². The Labute approximate surface area is 125 Å². The van der Waals surface area contributed by atoms with Gasteiger partial charge < -0.3 is 10.1 Å². The monoisotopic (exact) mass is 318 g/mol. The van der Waals surface area contributed by atoms with E-state index in [1.165, 1.54) is 12.1 Å². The fourth-order valence-corrected chi connectivity index (χ4v) is 2.97. The summed E-state index contributed by atoms with van der Waals surface area (Å²) in [5, 5.41) is 3.13. The van der Waals surface area contributed by atoms with E-state index in [0.29, 0.717) is 18.7 Å². The van der Waals surface area contributed by atoms with Crippen molar-refractivity contribution in [2.75, 3.05) is 19.8 Å². The van der Waals surface area contributed by atoms with Crippen molar-refractivity contribution in [2.24, 2.45) is 0 Å². The van der Waals surface area contributed by atoms with Crippen molar-refractivity contribution < 1.29 is 17.5 Å². The van der Waals surface area contributed by atoms with Gasteiger partial charge in [-0.05, 0) is 24.6 Å². The van der Waals surface area contributed by atoms with Crippen LogP contribution < -0.4 is 10.0 Å². The van der Waals surface area contributed by atoms with E-state index in [1.807, 2.05) is 20.8 Å². The Kier molecular flexibility index (Phi) is 7.24. The number of benzene rings is 1. The normalized spacial score (nSPS) is 12.0. The number of hydrogen-bond donors (Lipinski definition) is 2. The van der Waals surface area contributed by atoms with Crippen LogP contribution in [0.15, 0.2) is 23.1 Å². The maximum Gasteiger partial charge on any atom is 0.241 e. The molecule has 5 nitrogen and oxygen atoms in total. The van der Waals surface area contributed by atoms with Gasteiger partial charge in [0.1, 0.15) is 5.82 Å². The van der Waals surface area contributed by atoms with Crippen LogP contribution in [0.2, 0.25) is 0 Å². The van der Waals surface area contributed by atoms with Gasteiger partial charge in [-0.1, -0.05) is 19.9 Å². The highest BCUT2D eigenvalue weighted by Crippen LogP contribution is 2.17. The molecule has 0 heterocycles. The van der Waals surface area contributed by atoms with E-state index < -0.39 is 15.8 Å². The number of halogens is 1. The van der Waals surface area contributed by atoms with Crippen molar-refractivity contribution >= 4 is 10.0 Å². The highest BCUT2D eigenvalue weighted by molar-refractivity contribution is 7.89. The molecule has 21 heavy (non-hydrogen) atoms. The molecule has 120 valence electrons. The third-order valence-electron chi connectivity index (χ3n) is 2.76. The first-order valence-electron chi connectivity index (χ1n) is 6.96. The zero-order chi connectivity index (χ0) is 15.9. The Balaban J connectivity index is 2.89. The Hall–Kier alpha value is -1.02. The van der Waals surface area contributed by atoms with Crippen LogP contribution in [0.1, 0.15) is 26.3 Å². The number of ether oxygens (including phenoxy) is 1. The molecular weight excluding hydrogens is 295 g/mol. The molecule has 0 bridgehead atoms. The van der Waals surface area contributed by atoms with E-state index in [-0.39, 0.29) is 24.1 Å². The maximum atomic E-state index is 13.4. The SMILES string of the molecule is CCOCCNS(=O)(=O)c1cc(F)ccc1CNC(C)C. The van der Waals surface area contributed by atoms with Gasteiger partial charge in [0, 0.05) is 25.7 Å². The number of hydrogen-bond acceptors (Lipinski definition) is 4. The third kappa shape index (κ3) is 6.09. The summed E-state index contributed by atoms with van der Waals surface area (Å²) < 4.78 is 45.4. The first kappa shape index (κ1) is 18.0. The maximum absolute atomic E-state index is 13.4. The zero-order valence-electron chi connectivity index (χ0n) is 12.6. The standard InChI is InChI=1S/C14H23FN2O3S/c1-4-20-8-7-17-21(18,19)14-9-13(15)6-5-12(14)10-16-11(2)3/h5-6,9,11,16-17H,4,7-8,10H2,1-3H3. The first-order chi connectivity index (χ1) is 9.86. The fraction of sp³-hybridized carbons (Fsp3) is 0.571. The van der Waals surface area contributed by atoms with Gasteiger partial charge in [-0.15, -0.1) is 0 Å². The first-order valence-corrected chi connectivity index (χ1v) is 8.44. The molecule has 0 spiro atoms. The molecule has 7 heteroatoms. The molecule has 0 saturated carbocycles. The van der Waals surface area contributed by atoms with Gasteiger partial charge in [0.25, 0.3) is 0 Å². The molecule has 0 amide bonds. The largest absolute Gasteiger partial charge is 0.380 e. The second-order valence-corrected chi connectivity index (χ2v) is 6.62. The van der Waals surface area contributed by atoms with Crippen LogP contribution in [0.3, 0.4) is 0 Å². The lowest BCUT2D eigenvalue weighted by molar-refractivity contribution is 0.153. The van der Waals surface area contributed by atoms with Crippen LogP contribution in [-0.2, 0) is 21.3 Å². The molecule has 0 saturated heterocycles. The molecule has 0 aromatic heterocycles. The van der Waals surface area contributed by atoms with Crippen LogP contribution in [0.5, 0.6) is 0 Å². The summed E-state index contributed by atoms with van der Waals surface area (Å²) in [5.41, 5.74) is 0.536. The predicted molar refractivity (Wildman–Crippen MR) is 80.1 cm³/mol. The van der Waals surface area contributed by atoms with Crippen molar-refractivity contribution in [1.29, 1.82) is 0 Å². The summed E-state index contributed by atoms with van der Waals surface area (Å²) in [6.45, 7) is 7.06. The lowest BCUT2D eigenvalue weighted by atomic mass is 10.2. The minimum absolute atomic E-state index is 0.0350. The Morgan fingerprint density at radius 2 is 2.05 bits per heavy atom. The quantitative estimate of drug-likeness (QED) is 0.679. The molecule has 2 N–H and O–H groups in total. The average Bonchev–Trinajstić information content (AvgIpc) is 2.42. The minimum Gasteiger partial charge on any atom is -0.380 e. The molecule has 0 fully saturated rings. The summed E-state index contributed by atoms with van der Waals surface area (Å²) in [6, 6.07) is 4.00. The molecule has 0 radical (unpaired) electrons. The van der Waals surface area contributed by atoms with Gasteiger partial charge in [0.15, 0.2) is 0 Å². The van der Waals surface area contributed by atoms with E-state index in [4.69, 9.17) is 4.74 Å². The van der Waals surface area contributed by atoms with E-state index in [0.717, 1.165) is 6.07 Å². The second kappa shape index (κ2) is 8.43. The Morgan fingerprint density at radius 3 is 2.67 bits per heavy atom. The molecule has 1 rings (SSSR count). The summed E-state index contributed by atoms with van der Waals surface area (Å²) in [5.74, 6) is -0.575. The highest BCUT2D eigenvalue weighted by Gasteiger charge is 2.19.